The average Bonchev–Trinajstić information content (AvgIpc) is 3.22. The number of rotatable bonds is 7. The number of ether oxygens (including phenoxy) is 2. The van der Waals surface area contributed by atoms with Gasteiger partial charge in [0.15, 0.2) is 11.5 Å². The molecule has 1 atom stereocenters. The summed E-state index contributed by atoms with van der Waals surface area (Å²) in [4.78, 5) is 0. The van der Waals surface area contributed by atoms with Crippen LogP contribution in [-0.2, 0) is 6.54 Å². The van der Waals surface area contributed by atoms with Gasteiger partial charge in [-0.25, -0.2) is 0 Å². The van der Waals surface area contributed by atoms with E-state index in [2.05, 4.69) is 5.32 Å². The van der Waals surface area contributed by atoms with E-state index in [9.17, 15) is 5.11 Å². The molecule has 0 bridgehead atoms. The van der Waals surface area contributed by atoms with E-state index in [1.807, 2.05) is 18.2 Å². The molecule has 1 aromatic carbocycles. The van der Waals surface area contributed by atoms with E-state index in [0.29, 0.717) is 19.0 Å². The molecule has 1 aliphatic rings. The molecule has 2 N–H and O–H groups in total. The molecule has 0 radical (unpaired) electrons. The van der Waals surface area contributed by atoms with Gasteiger partial charge in [0.25, 0.3) is 0 Å². The third-order valence-corrected chi connectivity index (χ3v) is 3.32. The lowest BCUT2D eigenvalue weighted by atomic mass is 10.1. The zero-order chi connectivity index (χ0) is 13.0. The summed E-state index contributed by atoms with van der Waals surface area (Å²) in [6.07, 6.45) is 2.10. The molecule has 0 spiro atoms. The number of hydrogen-bond acceptors (Lipinski definition) is 4. The Labute approximate surface area is 108 Å². The molecule has 0 saturated heterocycles. The van der Waals surface area contributed by atoms with Crippen LogP contribution in [0.4, 0.5) is 0 Å². The molecule has 0 amide bonds. The Morgan fingerprint density at radius 3 is 2.72 bits per heavy atom. The minimum Gasteiger partial charge on any atom is -0.493 e. The highest BCUT2D eigenvalue weighted by molar-refractivity contribution is 5.46. The lowest BCUT2D eigenvalue weighted by Gasteiger charge is -2.14. The first-order valence-corrected chi connectivity index (χ1v) is 6.35. The monoisotopic (exact) mass is 251 g/mol. The molecular formula is C14H21NO3. The Bertz CT molecular complexity index is 391. The van der Waals surface area contributed by atoms with Gasteiger partial charge in [-0.1, -0.05) is 12.1 Å². The minimum absolute atomic E-state index is 0.221. The van der Waals surface area contributed by atoms with Crippen molar-refractivity contribution >= 4 is 0 Å². The Balaban J connectivity index is 1.91. The van der Waals surface area contributed by atoms with Crippen molar-refractivity contribution in [3.05, 3.63) is 23.8 Å². The zero-order valence-corrected chi connectivity index (χ0v) is 11.0. The Morgan fingerprint density at radius 1 is 1.33 bits per heavy atom. The lowest BCUT2D eigenvalue weighted by Crippen LogP contribution is -2.27. The summed E-state index contributed by atoms with van der Waals surface area (Å²) < 4.78 is 10.6. The SMILES string of the molecule is COc1cccc(CNCC(O)C2CC2)c1OC. The van der Waals surface area contributed by atoms with Crippen LogP contribution in [0.1, 0.15) is 18.4 Å². The van der Waals surface area contributed by atoms with Crippen LogP contribution >= 0.6 is 0 Å². The van der Waals surface area contributed by atoms with E-state index in [1.165, 1.54) is 0 Å². The fraction of sp³-hybridized carbons (Fsp3) is 0.571. The molecule has 1 aromatic rings. The van der Waals surface area contributed by atoms with Crippen molar-refractivity contribution in [2.75, 3.05) is 20.8 Å². The molecule has 4 heteroatoms. The second-order valence-corrected chi connectivity index (χ2v) is 4.69. The van der Waals surface area contributed by atoms with Gasteiger partial charge in [-0.3, -0.25) is 0 Å². The van der Waals surface area contributed by atoms with Gasteiger partial charge in [-0.2, -0.15) is 0 Å². The second kappa shape index (κ2) is 6.07. The summed E-state index contributed by atoms with van der Waals surface area (Å²) in [5.74, 6) is 2.00. The highest BCUT2D eigenvalue weighted by atomic mass is 16.5. The number of benzene rings is 1. The normalized spacial score (nSPS) is 16.4. The van der Waals surface area contributed by atoms with Gasteiger partial charge in [0.1, 0.15) is 0 Å². The highest BCUT2D eigenvalue weighted by Gasteiger charge is 2.29. The van der Waals surface area contributed by atoms with Crippen molar-refractivity contribution in [2.24, 2.45) is 5.92 Å². The van der Waals surface area contributed by atoms with Crippen LogP contribution in [0, 0.1) is 5.92 Å². The van der Waals surface area contributed by atoms with E-state index < -0.39 is 0 Å². The van der Waals surface area contributed by atoms with Crippen molar-refractivity contribution in [1.29, 1.82) is 0 Å². The fourth-order valence-electron chi connectivity index (χ4n) is 2.10. The van der Waals surface area contributed by atoms with E-state index >= 15 is 0 Å². The summed E-state index contributed by atoms with van der Waals surface area (Å²) in [6, 6.07) is 5.81. The Hall–Kier alpha value is -1.26. The smallest absolute Gasteiger partial charge is 0.165 e. The number of aliphatic hydroxyl groups excluding tert-OH is 1. The van der Waals surface area contributed by atoms with Crippen LogP contribution in [0.2, 0.25) is 0 Å². The molecule has 1 aliphatic carbocycles. The summed E-state index contributed by atoms with van der Waals surface area (Å²) in [6.45, 7) is 1.30. The quantitative estimate of drug-likeness (QED) is 0.772. The zero-order valence-electron chi connectivity index (χ0n) is 11.0. The predicted molar refractivity (Wildman–Crippen MR) is 70.0 cm³/mol. The van der Waals surface area contributed by atoms with Crippen LogP contribution < -0.4 is 14.8 Å². The summed E-state index contributed by atoms with van der Waals surface area (Å²) in [5, 5.41) is 13.0. The summed E-state index contributed by atoms with van der Waals surface area (Å²) in [7, 11) is 3.27. The average molecular weight is 251 g/mol. The van der Waals surface area contributed by atoms with Gasteiger partial charge in [-0.15, -0.1) is 0 Å². The molecule has 0 aromatic heterocycles. The van der Waals surface area contributed by atoms with Crippen LogP contribution in [0.25, 0.3) is 0 Å². The Morgan fingerprint density at radius 2 is 2.11 bits per heavy atom. The highest BCUT2D eigenvalue weighted by Crippen LogP contribution is 2.33. The van der Waals surface area contributed by atoms with Gasteiger partial charge >= 0.3 is 0 Å². The largest absolute Gasteiger partial charge is 0.493 e. The Kier molecular flexibility index (Phi) is 4.44. The standard InChI is InChI=1S/C14H21NO3/c1-17-13-5-3-4-11(14(13)18-2)8-15-9-12(16)10-6-7-10/h3-5,10,12,15-16H,6-9H2,1-2H3. The molecule has 0 heterocycles. The first-order valence-electron chi connectivity index (χ1n) is 6.35. The van der Waals surface area contributed by atoms with E-state index in [4.69, 9.17) is 9.47 Å². The van der Waals surface area contributed by atoms with Crippen molar-refractivity contribution in [1.82, 2.24) is 5.32 Å². The summed E-state index contributed by atoms with van der Waals surface area (Å²) in [5.41, 5.74) is 1.04. The van der Waals surface area contributed by atoms with Crippen molar-refractivity contribution in [3.63, 3.8) is 0 Å². The van der Waals surface area contributed by atoms with E-state index in [-0.39, 0.29) is 6.10 Å². The van der Waals surface area contributed by atoms with Crippen molar-refractivity contribution < 1.29 is 14.6 Å². The topological polar surface area (TPSA) is 50.7 Å². The van der Waals surface area contributed by atoms with E-state index in [0.717, 1.165) is 29.9 Å². The van der Waals surface area contributed by atoms with Gasteiger partial charge < -0.3 is 19.9 Å². The van der Waals surface area contributed by atoms with Crippen LogP contribution in [-0.4, -0.2) is 32.0 Å². The number of hydrogen-bond donors (Lipinski definition) is 2. The molecule has 2 rings (SSSR count). The molecule has 1 saturated carbocycles. The maximum Gasteiger partial charge on any atom is 0.165 e. The fourth-order valence-corrected chi connectivity index (χ4v) is 2.10. The minimum atomic E-state index is -0.221. The van der Waals surface area contributed by atoms with Crippen LogP contribution in [0.15, 0.2) is 18.2 Å². The molecule has 100 valence electrons. The summed E-state index contributed by atoms with van der Waals surface area (Å²) >= 11 is 0. The molecule has 18 heavy (non-hydrogen) atoms. The molecule has 4 nitrogen and oxygen atoms in total. The predicted octanol–water partition coefficient (Wildman–Crippen LogP) is 1.56. The molecular weight excluding hydrogens is 230 g/mol. The number of nitrogens with one attached hydrogen (secondary N) is 1. The van der Waals surface area contributed by atoms with Crippen molar-refractivity contribution in [3.8, 4) is 11.5 Å². The number of aliphatic hydroxyl groups is 1. The second-order valence-electron chi connectivity index (χ2n) is 4.69. The first kappa shape index (κ1) is 13.2. The maximum atomic E-state index is 9.78. The molecule has 1 unspecified atom stereocenters. The molecule has 1 fully saturated rings. The third kappa shape index (κ3) is 3.15. The van der Waals surface area contributed by atoms with Crippen LogP contribution in [0.5, 0.6) is 11.5 Å². The van der Waals surface area contributed by atoms with Gasteiger partial charge in [0, 0.05) is 18.7 Å². The third-order valence-electron chi connectivity index (χ3n) is 3.32. The van der Waals surface area contributed by atoms with Crippen LogP contribution in [0.3, 0.4) is 0 Å². The van der Waals surface area contributed by atoms with Gasteiger partial charge in [-0.05, 0) is 24.8 Å². The number of methoxy groups -OCH3 is 2. The molecule has 0 aliphatic heterocycles. The number of para-hydroxylation sites is 1. The van der Waals surface area contributed by atoms with Gasteiger partial charge in [0.2, 0.25) is 0 Å². The maximum absolute atomic E-state index is 9.78. The first-order chi connectivity index (χ1) is 8.76. The lowest BCUT2D eigenvalue weighted by molar-refractivity contribution is 0.148. The van der Waals surface area contributed by atoms with Gasteiger partial charge in [0.05, 0.1) is 20.3 Å². The van der Waals surface area contributed by atoms with E-state index in [1.54, 1.807) is 14.2 Å². The van der Waals surface area contributed by atoms with Crippen molar-refractivity contribution in [2.45, 2.75) is 25.5 Å².